The first-order chi connectivity index (χ1) is 14.4. The van der Waals surface area contributed by atoms with Gasteiger partial charge in [0.1, 0.15) is 11.4 Å². The topological polar surface area (TPSA) is 62.5 Å². The van der Waals surface area contributed by atoms with Crippen LogP contribution in [0.3, 0.4) is 0 Å². The van der Waals surface area contributed by atoms with E-state index in [1.165, 1.54) is 0 Å². The molecule has 0 aromatic heterocycles. The quantitative estimate of drug-likeness (QED) is 0.385. The SMILES string of the molecule is CCCC1=C(C(=O)OC(C)(C)CC)C(c2ccc(F)cc2C(F)(F)F)C(C#N)C(C)=N1. The summed E-state index contributed by atoms with van der Waals surface area (Å²) in [5.74, 6) is -4.27. The molecule has 0 bridgehead atoms. The molecule has 1 aromatic carbocycles. The van der Waals surface area contributed by atoms with Gasteiger partial charge in [0.15, 0.2) is 0 Å². The fraction of sp³-hybridized carbons (Fsp3) is 0.522. The van der Waals surface area contributed by atoms with Crippen molar-refractivity contribution in [3.63, 3.8) is 0 Å². The Balaban J connectivity index is 2.82. The van der Waals surface area contributed by atoms with Gasteiger partial charge < -0.3 is 4.74 Å². The average Bonchev–Trinajstić information content (AvgIpc) is 2.66. The molecule has 0 N–H and O–H groups in total. The molecule has 0 saturated carbocycles. The molecule has 31 heavy (non-hydrogen) atoms. The summed E-state index contributed by atoms with van der Waals surface area (Å²) in [5.41, 5.74) is -1.89. The van der Waals surface area contributed by atoms with Crippen LogP contribution in [0, 0.1) is 23.1 Å². The molecule has 2 rings (SSSR count). The number of rotatable bonds is 6. The fourth-order valence-electron chi connectivity index (χ4n) is 3.53. The first-order valence-electron chi connectivity index (χ1n) is 10.1. The summed E-state index contributed by atoms with van der Waals surface area (Å²) >= 11 is 0. The van der Waals surface area contributed by atoms with Crippen LogP contribution >= 0.6 is 0 Å². The Kier molecular flexibility index (Phi) is 7.30. The third-order valence-electron chi connectivity index (χ3n) is 5.44. The van der Waals surface area contributed by atoms with Crippen LogP contribution in [-0.2, 0) is 15.7 Å². The molecule has 1 aromatic rings. The smallest absolute Gasteiger partial charge is 0.416 e. The highest BCUT2D eigenvalue weighted by molar-refractivity contribution is 5.98. The van der Waals surface area contributed by atoms with Crippen molar-refractivity contribution < 1.29 is 27.1 Å². The fourth-order valence-corrected chi connectivity index (χ4v) is 3.53. The van der Waals surface area contributed by atoms with Crippen LogP contribution in [0.4, 0.5) is 17.6 Å². The van der Waals surface area contributed by atoms with E-state index in [0.717, 1.165) is 12.1 Å². The summed E-state index contributed by atoms with van der Waals surface area (Å²) in [7, 11) is 0. The van der Waals surface area contributed by atoms with Gasteiger partial charge in [-0.15, -0.1) is 0 Å². The Hall–Kier alpha value is -2.69. The van der Waals surface area contributed by atoms with Gasteiger partial charge in [0, 0.05) is 11.6 Å². The minimum atomic E-state index is -4.87. The number of nitrogens with zero attached hydrogens (tertiary/aromatic N) is 2. The predicted octanol–water partition coefficient (Wildman–Crippen LogP) is 6.33. The standard InChI is InChI=1S/C23H26F4N2O2/c1-6-8-18-20(21(30)31-22(4,5)7-2)19(16(12-28)13(3)29-18)15-10-9-14(24)11-17(15)23(25,26)27/h9-11,16,19H,6-8H2,1-5H3. The van der Waals surface area contributed by atoms with Crippen molar-refractivity contribution >= 4 is 11.7 Å². The van der Waals surface area contributed by atoms with Crippen molar-refractivity contribution in [1.82, 2.24) is 0 Å². The number of alkyl halides is 3. The lowest BCUT2D eigenvalue weighted by molar-refractivity contribution is -0.152. The zero-order valence-corrected chi connectivity index (χ0v) is 18.2. The van der Waals surface area contributed by atoms with E-state index in [4.69, 9.17) is 4.74 Å². The van der Waals surface area contributed by atoms with Gasteiger partial charge in [-0.25, -0.2) is 9.18 Å². The molecule has 2 unspecified atom stereocenters. The summed E-state index contributed by atoms with van der Waals surface area (Å²) in [6.45, 7) is 8.60. The van der Waals surface area contributed by atoms with E-state index < -0.39 is 41.0 Å². The summed E-state index contributed by atoms with van der Waals surface area (Å²) in [4.78, 5) is 17.6. The monoisotopic (exact) mass is 438 g/mol. The Labute approximate surface area is 179 Å². The number of allylic oxidation sites excluding steroid dienone is 1. The number of hydrogen-bond acceptors (Lipinski definition) is 4. The first-order valence-corrected chi connectivity index (χ1v) is 10.1. The van der Waals surface area contributed by atoms with Crippen LogP contribution in [0.25, 0.3) is 0 Å². The predicted molar refractivity (Wildman–Crippen MR) is 109 cm³/mol. The summed E-state index contributed by atoms with van der Waals surface area (Å²) in [5, 5.41) is 9.78. The second kappa shape index (κ2) is 9.21. The number of esters is 1. The third kappa shape index (κ3) is 5.33. The third-order valence-corrected chi connectivity index (χ3v) is 5.44. The van der Waals surface area contributed by atoms with Crippen molar-refractivity contribution in [3.05, 3.63) is 46.4 Å². The lowest BCUT2D eigenvalue weighted by atomic mass is 9.74. The molecule has 1 aliphatic rings. The summed E-state index contributed by atoms with van der Waals surface area (Å²) in [6.07, 6.45) is -3.48. The molecule has 0 saturated heterocycles. The number of carbonyl (C=O) groups excluding carboxylic acids is 1. The maximum Gasteiger partial charge on any atom is 0.416 e. The molecule has 0 radical (unpaired) electrons. The molecule has 0 spiro atoms. The van der Waals surface area contributed by atoms with Crippen molar-refractivity contribution in [2.75, 3.05) is 0 Å². The lowest BCUT2D eigenvalue weighted by Gasteiger charge is -2.33. The van der Waals surface area contributed by atoms with E-state index in [0.29, 0.717) is 36.7 Å². The number of halogens is 4. The number of carbonyl (C=O) groups is 1. The Morgan fingerprint density at radius 3 is 2.42 bits per heavy atom. The number of benzene rings is 1. The Morgan fingerprint density at radius 1 is 1.26 bits per heavy atom. The molecule has 8 heteroatoms. The molecule has 1 heterocycles. The van der Waals surface area contributed by atoms with Gasteiger partial charge in [0.05, 0.1) is 28.8 Å². The molecule has 4 nitrogen and oxygen atoms in total. The van der Waals surface area contributed by atoms with Gasteiger partial charge in [-0.05, 0) is 51.3 Å². The lowest BCUT2D eigenvalue weighted by Crippen LogP contribution is -2.35. The molecule has 0 fully saturated rings. The zero-order valence-electron chi connectivity index (χ0n) is 18.2. The maximum atomic E-state index is 13.8. The number of nitriles is 1. The van der Waals surface area contributed by atoms with Crippen molar-refractivity contribution in [1.29, 1.82) is 5.26 Å². The number of hydrogen-bond donors (Lipinski definition) is 0. The maximum absolute atomic E-state index is 13.8. The highest BCUT2D eigenvalue weighted by atomic mass is 19.4. The largest absolute Gasteiger partial charge is 0.456 e. The van der Waals surface area contributed by atoms with E-state index in [-0.39, 0.29) is 11.1 Å². The first kappa shape index (κ1) is 24.6. The molecule has 2 atom stereocenters. The molecule has 0 aliphatic carbocycles. The van der Waals surface area contributed by atoms with Gasteiger partial charge >= 0.3 is 12.1 Å². The van der Waals surface area contributed by atoms with Gasteiger partial charge in [-0.2, -0.15) is 18.4 Å². The van der Waals surface area contributed by atoms with Gasteiger partial charge in [0.25, 0.3) is 0 Å². The van der Waals surface area contributed by atoms with Crippen molar-refractivity contribution in [3.8, 4) is 6.07 Å². The minimum absolute atomic E-state index is 0.0716. The van der Waals surface area contributed by atoms with Gasteiger partial charge in [0.2, 0.25) is 0 Å². The molecule has 1 aliphatic heterocycles. The van der Waals surface area contributed by atoms with E-state index in [2.05, 4.69) is 4.99 Å². The number of ether oxygens (including phenoxy) is 1. The Morgan fingerprint density at radius 2 is 1.90 bits per heavy atom. The summed E-state index contributed by atoms with van der Waals surface area (Å²) in [6, 6.07) is 4.27. The normalized spacial score (nSPS) is 19.7. The molecule has 168 valence electrons. The van der Waals surface area contributed by atoms with E-state index in [1.807, 2.05) is 19.9 Å². The van der Waals surface area contributed by atoms with Crippen molar-refractivity contribution in [2.45, 2.75) is 71.6 Å². The van der Waals surface area contributed by atoms with Crippen LogP contribution in [0.2, 0.25) is 0 Å². The highest BCUT2D eigenvalue weighted by Crippen LogP contribution is 2.45. The van der Waals surface area contributed by atoms with Crippen molar-refractivity contribution in [2.24, 2.45) is 10.9 Å². The van der Waals surface area contributed by atoms with Crippen LogP contribution < -0.4 is 0 Å². The van der Waals surface area contributed by atoms with E-state index in [1.54, 1.807) is 20.8 Å². The zero-order chi connectivity index (χ0) is 23.6. The minimum Gasteiger partial charge on any atom is -0.456 e. The van der Waals surface area contributed by atoms with Crippen LogP contribution in [0.5, 0.6) is 0 Å². The summed E-state index contributed by atoms with van der Waals surface area (Å²) < 4.78 is 60.7. The van der Waals surface area contributed by atoms with Gasteiger partial charge in [-0.1, -0.05) is 26.3 Å². The highest BCUT2D eigenvalue weighted by Gasteiger charge is 2.44. The Bertz CT molecular complexity index is 955. The second-order valence-corrected chi connectivity index (χ2v) is 8.18. The second-order valence-electron chi connectivity index (χ2n) is 8.18. The molecule has 0 amide bonds. The molecular formula is C23H26F4N2O2. The number of aliphatic imine (C=N–C) groups is 1. The average molecular weight is 438 g/mol. The molecular weight excluding hydrogens is 412 g/mol. The van der Waals surface area contributed by atoms with Crippen LogP contribution in [-0.4, -0.2) is 17.3 Å². The van der Waals surface area contributed by atoms with Crippen LogP contribution in [0.1, 0.15) is 70.9 Å². The van der Waals surface area contributed by atoms with Crippen LogP contribution in [0.15, 0.2) is 34.5 Å². The van der Waals surface area contributed by atoms with Gasteiger partial charge in [-0.3, -0.25) is 4.99 Å². The van der Waals surface area contributed by atoms with E-state index in [9.17, 15) is 27.6 Å². The van der Waals surface area contributed by atoms with E-state index >= 15 is 0 Å².